The summed E-state index contributed by atoms with van der Waals surface area (Å²) < 4.78 is 52.4. The first-order chi connectivity index (χ1) is 8.95. The minimum Gasteiger partial charge on any atom is -0.347 e. The smallest absolute Gasteiger partial charge is 0.242 e. The second-order valence-electron chi connectivity index (χ2n) is 5.04. The summed E-state index contributed by atoms with van der Waals surface area (Å²) in [6.07, 6.45) is 0. The Kier molecular flexibility index (Phi) is 4.50. The molecule has 0 bridgehead atoms. The lowest BCUT2D eigenvalue weighted by Crippen LogP contribution is -2.54. The molecule has 0 aromatic heterocycles. The highest BCUT2D eigenvalue weighted by molar-refractivity contribution is 7.89. The van der Waals surface area contributed by atoms with Crippen LogP contribution >= 0.6 is 0 Å². The van der Waals surface area contributed by atoms with Crippen molar-refractivity contribution in [2.45, 2.75) is 24.3 Å². The van der Waals surface area contributed by atoms with Gasteiger partial charge in [0.25, 0.3) is 0 Å². The molecule has 0 spiro atoms. The van der Waals surface area contributed by atoms with E-state index >= 15 is 0 Å². The predicted octanol–water partition coefficient (Wildman–Crippen LogP) is 1.11. The SMILES string of the molecule is CN(C)C(=O)C(C)(C)NS(=O)(=O)c1cc(F)cc(F)c1. The zero-order chi connectivity index (χ0) is 15.7. The highest BCUT2D eigenvalue weighted by Gasteiger charge is 2.34. The third-order valence-electron chi connectivity index (χ3n) is 2.48. The Morgan fingerprint density at radius 3 is 2.00 bits per heavy atom. The summed E-state index contributed by atoms with van der Waals surface area (Å²) in [6, 6.07) is 1.93. The summed E-state index contributed by atoms with van der Waals surface area (Å²) in [7, 11) is -1.27. The maximum Gasteiger partial charge on any atom is 0.242 e. The molecule has 8 heteroatoms. The lowest BCUT2D eigenvalue weighted by atomic mass is 10.1. The number of nitrogens with zero attached hydrogens (tertiary/aromatic N) is 1. The highest BCUT2D eigenvalue weighted by Crippen LogP contribution is 2.17. The number of nitrogens with one attached hydrogen (secondary N) is 1. The van der Waals surface area contributed by atoms with E-state index in [4.69, 9.17) is 0 Å². The molecule has 0 saturated heterocycles. The molecular weight excluding hydrogens is 290 g/mol. The van der Waals surface area contributed by atoms with Crippen LogP contribution in [0.1, 0.15) is 13.8 Å². The Hall–Kier alpha value is -1.54. The number of benzene rings is 1. The van der Waals surface area contributed by atoms with Crippen molar-refractivity contribution in [1.82, 2.24) is 9.62 Å². The number of likely N-dealkylation sites (N-methyl/N-ethyl adjacent to an activating group) is 1. The summed E-state index contributed by atoms with van der Waals surface area (Å²) in [5, 5.41) is 0. The van der Waals surface area contributed by atoms with Gasteiger partial charge in [0.15, 0.2) is 0 Å². The van der Waals surface area contributed by atoms with Gasteiger partial charge in [-0.3, -0.25) is 4.79 Å². The normalized spacial score (nSPS) is 12.3. The molecule has 0 heterocycles. The molecule has 1 aromatic rings. The van der Waals surface area contributed by atoms with Crippen LogP contribution in [0.15, 0.2) is 23.1 Å². The monoisotopic (exact) mass is 306 g/mol. The summed E-state index contributed by atoms with van der Waals surface area (Å²) in [5.41, 5.74) is -1.44. The first-order valence-electron chi connectivity index (χ1n) is 5.67. The third kappa shape index (κ3) is 3.73. The molecule has 20 heavy (non-hydrogen) atoms. The van der Waals surface area contributed by atoms with Crippen molar-refractivity contribution in [3.63, 3.8) is 0 Å². The van der Waals surface area contributed by atoms with Crippen LogP contribution in [0.5, 0.6) is 0 Å². The molecule has 0 unspecified atom stereocenters. The second kappa shape index (κ2) is 5.45. The van der Waals surface area contributed by atoms with Gasteiger partial charge in [0.2, 0.25) is 15.9 Å². The molecule has 1 aromatic carbocycles. The number of carbonyl (C=O) groups excluding carboxylic acids is 1. The Morgan fingerprint density at radius 1 is 1.15 bits per heavy atom. The van der Waals surface area contributed by atoms with Crippen LogP contribution in [-0.2, 0) is 14.8 Å². The van der Waals surface area contributed by atoms with Crippen LogP contribution in [0.4, 0.5) is 8.78 Å². The van der Waals surface area contributed by atoms with E-state index in [9.17, 15) is 22.0 Å². The number of sulfonamides is 1. The van der Waals surface area contributed by atoms with E-state index < -0.39 is 38.0 Å². The minimum atomic E-state index is -4.22. The van der Waals surface area contributed by atoms with Gasteiger partial charge in [-0.15, -0.1) is 0 Å². The minimum absolute atomic E-state index is 0.488. The Bertz CT molecular complexity index is 607. The lowest BCUT2D eigenvalue weighted by Gasteiger charge is -2.27. The van der Waals surface area contributed by atoms with Crippen molar-refractivity contribution in [3.8, 4) is 0 Å². The summed E-state index contributed by atoms with van der Waals surface area (Å²) in [6.45, 7) is 2.73. The fraction of sp³-hybridized carbons (Fsp3) is 0.417. The molecule has 0 atom stereocenters. The maximum absolute atomic E-state index is 13.1. The van der Waals surface area contributed by atoms with E-state index in [0.29, 0.717) is 18.2 Å². The molecular formula is C12H16F2N2O3S. The van der Waals surface area contributed by atoms with Crippen molar-refractivity contribution in [1.29, 1.82) is 0 Å². The van der Waals surface area contributed by atoms with Gasteiger partial charge in [-0.2, -0.15) is 4.72 Å². The van der Waals surface area contributed by atoms with Gasteiger partial charge in [-0.25, -0.2) is 17.2 Å². The predicted molar refractivity (Wildman–Crippen MR) is 69.5 cm³/mol. The largest absolute Gasteiger partial charge is 0.347 e. The average molecular weight is 306 g/mol. The molecule has 0 fully saturated rings. The van der Waals surface area contributed by atoms with E-state index in [1.807, 2.05) is 0 Å². The van der Waals surface area contributed by atoms with E-state index in [2.05, 4.69) is 4.72 Å². The summed E-state index contributed by atoms with van der Waals surface area (Å²) in [5.74, 6) is -2.51. The number of hydrogen-bond acceptors (Lipinski definition) is 3. The van der Waals surface area contributed by atoms with Gasteiger partial charge in [0.05, 0.1) is 4.90 Å². The molecule has 1 amide bonds. The standard InChI is InChI=1S/C12H16F2N2O3S/c1-12(2,11(17)16(3)4)15-20(18,19)10-6-8(13)5-9(14)7-10/h5-7,15H,1-4H3. The molecule has 1 rings (SSSR count). The molecule has 0 aliphatic heterocycles. The zero-order valence-corrected chi connectivity index (χ0v) is 12.4. The third-order valence-corrected chi connectivity index (χ3v) is 4.11. The van der Waals surface area contributed by atoms with Crippen molar-refractivity contribution in [3.05, 3.63) is 29.8 Å². The molecule has 0 radical (unpaired) electrons. The van der Waals surface area contributed by atoms with Crippen LogP contribution in [0.25, 0.3) is 0 Å². The first-order valence-corrected chi connectivity index (χ1v) is 7.16. The number of halogens is 2. The van der Waals surface area contributed by atoms with Crippen LogP contribution in [0.3, 0.4) is 0 Å². The summed E-state index contributed by atoms with van der Waals surface area (Å²) >= 11 is 0. The fourth-order valence-electron chi connectivity index (χ4n) is 1.68. The first kappa shape index (κ1) is 16.5. The molecule has 5 nitrogen and oxygen atoms in total. The van der Waals surface area contributed by atoms with Crippen LogP contribution in [-0.4, -0.2) is 38.9 Å². The maximum atomic E-state index is 13.1. The number of amides is 1. The van der Waals surface area contributed by atoms with E-state index in [-0.39, 0.29) is 0 Å². The topological polar surface area (TPSA) is 66.5 Å². The van der Waals surface area contributed by atoms with Crippen molar-refractivity contribution in [2.75, 3.05) is 14.1 Å². The van der Waals surface area contributed by atoms with Gasteiger partial charge in [-0.1, -0.05) is 0 Å². The second-order valence-corrected chi connectivity index (χ2v) is 6.72. The quantitative estimate of drug-likeness (QED) is 0.906. The van der Waals surface area contributed by atoms with E-state index in [1.165, 1.54) is 32.8 Å². The number of rotatable bonds is 4. The molecule has 1 N–H and O–H groups in total. The van der Waals surface area contributed by atoms with Gasteiger partial charge < -0.3 is 4.90 Å². The number of hydrogen-bond donors (Lipinski definition) is 1. The van der Waals surface area contributed by atoms with Crippen LogP contribution in [0.2, 0.25) is 0 Å². The molecule has 112 valence electrons. The zero-order valence-electron chi connectivity index (χ0n) is 11.6. The van der Waals surface area contributed by atoms with Gasteiger partial charge in [0, 0.05) is 20.2 Å². The lowest BCUT2D eigenvalue weighted by molar-refractivity contribution is -0.133. The van der Waals surface area contributed by atoms with Gasteiger partial charge >= 0.3 is 0 Å². The average Bonchev–Trinajstić information content (AvgIpc) is 2.25. The summed E-state index contributed by atoms with van der Waals surface area (Å²) in [4.78, 5) is 12.5. The Morgan fingerprint density at radius 2 is 1.60 bits per heavy atom. The van der Waals surface area contributed by atoms with Crippen molar-refractivity contribution >= 4 is 15.9 Å². The van der Waals surface area contributed by atoms with Crippen LogP contribution in [0, 0.1) is 11.6 Å². The van der Waals surface area contributed by atoms with E-state index in [1.54, 1.807) is 0 Å². The highest BCUT2D eigenvalue weighted by atomic mass is 32.2. The molecule has 0 saturated carbocycles. The van der Waals surface area contributed by atoms with Crippen LogP contribution < -0.4 is 4.72 Å². The Labute approximate surface area is 116 Å². The van der Waals surface area contributed by atoms with Crippen molar-refractivity contribution in [2.24, 2.45) is 0 Å². The van der Waals surface area contributed by atoms with Crippen molar-refractivity contribution < 1.29 is 22.0 Å². The van der Waals surface area contributed by atoms with Gasteiger partial charge in [-0.05, 0) is 26.0 Å². The Balaban J connectivity index is 3.15. The molecule has 0 aliphatic rings. The van der Waals surface area contributed by atoms with E-state index in [0.717, 1.165) is 0 Å². The fourth-order valence-corrected chi connectivity index (χ4v) is 3.09. The number of carbonyl (C=O) groups is 1. The molecule has 0 aliphatic carbocycles. The van der Waals surface area contributed by atoms with Gasteiger partial charge in [0.1, 0.15) is 17.2 Å².